The molecule has 0 unspecified atom stereocenters. The standard InChI is InChI=1S/C13H12N2O/c1-7-4-9(15)6-11-10-5-8(14)2-3-12(10)16-13(7)11/h2-6H,14-15H2,1H3. The molecular formula is C13H12N2O. The summed E-state index contributed by atoms with van der Waals surface area (Å²) in [5.41, 5.74) is 15.9. The van der Waals surface area contributed by atoms with E-state index in [4.69, 9.17) is 15.9 Å². The SMILES string of the molecule is Cc1cc(N)cc2c1oc1ccc(N)cc12. The Morgan fingerprint density at radius 3 is 2.50 bits per heavy atom. The van der Waals surface area contributed by atoms with Crippen molar-refractivity contribution in [3.05, 3.63) is 35.9 Å². The fourth-order valence-electron chi connectivity index (χ4n) is 2.09. The molecule has 1 heterocycles. The molecule has 3 aromatic rings. The quantitative estimate of drug-likeness (QED) is 0.563. The van der Waals surface area contributed by atoms with E-state index in [1.54, 1.807) is 0 Å². The fourth-order valence-corrected chi connectivity index (χ4v) is 2.09. The van der Waals surface area contributed by atoms with Gasteiger partial charge < -0.3 is 15.9 Å². The summed E-state index contributed by atoms with van der Waals surface area (Å²) in [6, 6.07) is 9.48. The Bertz CT molecular complexity index is 698. The summed E-state index contributed by atoms with van der Waals surface area (Å²) in [5, 5.41) is 2.05. The van der Waals surface area contributed by atoms with Gasteiger partial charge in [0.2, 0.25) is 0 Å². The summed E-state index contributed by atoms with van der Waals surface area (Å²) in [6.45, 7) is 1.99. The number of anilines is 2. The maximum Gasteiger partial charge on any atom is 0.138 e. The number of nitrogen functional groups attached to an aromatic ring is 2. The molecule has 0 atom stereocenters. The maximum absolute atomic E-state index is 5.84. The summed E-state index contributed by atoms with van der Waals surface area (Å²) in [4.78, 5) is 0. The van der Waals surface area contributed by atoms with Crippen LogP contribution in [0.25, 0.3) is 21.9 Å². The van der Waals surface area contributed by atoms with Gasteiger partial charge in [0, 0.05) is 22.1 Å². The lowest BCUT2D eigenvalue weighted by atomic mass is 10.1. The molecule has 0 bridgehead atoms. The van der Waals surface area contributed by atoms with Gasteiger partial charge in [-0.05, 0) is 42.8 Å². The Morgan fingerprint density at radius 1 is 0.938 bits per heavy atom. The molecule has 0 spiro atoms. The van der Waals surface area contributed by atoms with Gasteiger partial charge in [-0.1, -0.05) is 0 Å². The first-order valence-electron chi connectivity index (χ1n) is 5.13. The number of furan rings is 1. The minimum atomic E-state index is 0.732. The molecule has 16 heavy (non-hydrogen) atoms. The van der Waals surface area contributed by atoms with Crippen LogP contribution in [0.5, 0.6) is 0 Å². The zero-order valence-corrected chi connectivity index (χ0v) is 8.95. The molecule has 2 aromatic carbocycles. The van der Waals surface area contributed by atoms with Crippen LogP contribution in [-0.2, 0) is 0 Å². The molecule has 0 radical (unpaired) electrons. The molecule has 0 fully saturated rings. The summed E-state index contributed by atoms with van der Waals surface area (Å²) < 4.78 is 5.78. The van der Waals surface area contributed by atoms with E-state index < -0.39 is 0 Å². The predicted molar refractivity (Wildman–Crippen MR) is 67.3 cm³/mol. The number of rotatable bonds is 0. The molecule has 4 N–H and O–H groups in total. The van der Waals surface area contributed by atoms with E-state index in [9.17, 15) is 0 Å². The van der Waals surface area contributed by atoms with E-state index >= 15 is 0 Å². The van der Waals surface area contributed by atoms with Crippen molar-refractivity contribution in [3.63, 3.8) is 0 Å². The number of hydrogen-bond donors (Lipinski definition) is 2. The van der Waals surface area contributed by atoms with Gasteiger partial charge in [0.1, 0.15) is 11.2 Å². The van der Waals surface area contributed by atoms with Crippen molar-refractivity contribution >= 4 is 33.3 Å². The van der Waals surface area contributed by atoms with Gasteiger partial charge in [-0.15, -0.1) is 0 Å². The molecule has 3 heteroatoms. The molecule has 80 valence electrons. The van der Waals surface area contributed by atoms with Gasteiger partial charge in [-0.2, -0.15) is 0 Å². The molecule has 0 aliphatic rings. The van der Waals surface area contributed by atoms with Gasteiger partial charge in [0.25, 0.3) is 0 Å². The number of hydrogen-bond acceptors (Lipinski definition) is 3. The van der Waals surface area contributed by atoms with Crippen molar-refractivity contribution in [2.24, 2.45) is 0 Å². The van der Waals surface area contributed by atoms with Crippen molar-refractivity contribution in [2.75, 3.05) is 11.5 Å². The average molecular weight is 212 g/mol. The first-order chi connectivity index (χ1) is 7.65. The van der Waals surface area contributed by atoms with Gasteiger partial charge >= 0.3 is 0 Å². The second kappa shape index (κ2) is 2.92. The first-order valence-corrected chi connectivity index (χ1v) is 5.13. The third-order valence-electron chi connectivity index (χ3n) is 2.80. The second-order valence-electron chi connectivity index (χ2n) is 4.07. The van der Waals surface area contributed by atoms with Crippen LogP contribution < -0.4 is 11.5 Å². The van der Waals surface area contributed by atoms with Crippen LogP contribution in [0.1, 0.15) is 5.56 Å². The van der Waals surface area contributed by atoms with Crippen LogP contribution in [0.2, 0.25) is 0 Å². The second-order valence-corrected chi connectivity index (χ2v) is 4.07. The highest BCUT2D eigenvalue weighted by molar-refractivity contribution is 6.07. The van der Waals surface area contributed by atoms with E-state index in [0.717, 1.165) is 38.9 Å². The zero-order valence-electron chi connectivity index (χ0n) is 8.95. The normalized spacial score (nSPS) is 11.3. The van der Waals surface area contributed by atoms with Crippen LogP contribution in [0.15, 0.2) is 34.7 Å². The van der Waals surface area contributed by atoms with Crippen LogP contribution in [0.3, 0.4) is 0 Å². The Labute approximate surface area is 92.6 Å². The Hall–Kier alpha value is -2.16. The summed E-state index contributed by atoms with van der Waals surface area (Å²) in [6.07, 6.45) is 0. The highest BCUT2D eigenvalue weighted by atomic mass is 16.3. The number of fused-ring (bicyclic) bond motifs is 3. The largest absolute Gasteiger partial charge is 0.456 e. The van der Waals surface area contributed by atoms with E-state index in [2.05, 4.69) is 0 Å². The number of nitrogens with two attached hydrogens (primary N) is 2. The monoisotopic (exact) mass is 212 g/mol. The van der Waals surface area contributed by atoms with Crippen LogP contribution >= 0.6 is 0 Å². The minimum absolute atomic E-state index is 0.732. The highest BCUT2D eigenvalue weighted by Gasteiger charge is 2.09. The van der Waals surface area contributed by atoms with Crippen molar-refractivity contribution < 1.29 is 4.42 Å². The van der Waals surface area contributed by atoms with E-state index in [-0.39, 0.29) is 0 Å². The van der Waals surface area contributed by atoms with Crippen LogP contribution in [0.4, 0.5) is 11.4 Å². The lowest BCUT2D eigenvalue weighted by Crippen LogP contribution is -1.85. The molecule has 0 aliphatic carbocycles. The van der Waals surface area contributed by atoms with Gasteiger partial charge in [0.15, 0.2) is 0 Å². The zero-order chi connectivity index (χ0) is 11.3. The van der Waals surface area contributed by atoms with Crippen LogP contribution in [-0.4, -0.2) is 0 Å². The molecule has 0 amide bonds. The average Bonchev–Trinajstić information content (AvgIpc) is 2.57. The van der Waals surface area contributed by atoms with Gasteiger partial charge in [-0.25, -0.2) is 0 Å². The smallest absolute Gasteiger partial charge is 0.138 e. The summed E-state index contributed by atoms with van der Waals surface area (Å²) >= 11 is 0. The molecule has 0 saturated heterocycles. The van der Waals surface area contributed by atoms with Gasteiger partial charge in [0.05, 0.1) is 0 Å². The number of aryl methyl sites for hydroxylation is 1. The molecular weight excluding hydrogens is 200 g/mol. The fraction of sp³-hybridized carbons (Fsp3) is 0.0769. The Balaban J connectivity index is 2.57. The van der Waals surface area contributed by atoms with Crippen molar-refractivity contribution in [3.8, 4) is 0 Å². The van der Waals surface area contributed by atoms with E-state index in [1.165, 1.54) is 0 Å². The van der Waals surface area contributed by atoms with Crippen molar-refractivity contribution in [1.82, 2.24) is 0 Å². The van der Waals surface area contributed by atoms with E-state index in [1.807, 2.05) is 37.3 Å². The molecule has 0 aliphatic heterocycles. The van der Waals surface area contributed by atoms with Crippen molar-refractivity contribution in [2.45, 2.75) is 6.92 Å². The lowest BCUT2D eigenvalue weighted by molar-refractivity contribution is 0.666. The lowest BCUT2D eigenvalue weighted by Gasteiger charge is -1.97. The molecule has 3 rings (SSSR count). The maximum atomic E-state index is 5.84. The summed E-state index contributed by atoms with van der Waals surface area (Å²) in [7, 11) is 0. The predicted octanol–water partition coefficient (Wildman–Crippen LogP) is 3.06. The topological polar surface area (TPSA) is 65.2 Å². The molecule has 1 aromatic heterocycles. The van der Waals surface area contributed by atoms with Gasteiger partial charge in [-0.3, -0.25) is 0 Å². The highest BCUT2D eigenvalue weighted by Crippen LogP contribution is 2.33. The molecule has 0 saturated carbocycles. The first kappa shape index (κ1) is 9.09. The summed E-state index contributed by atoms with van der Waals surface area (Å²) in [5.74, 6) is 0. The Morgan fingerprint density at radius 2 is 1.69 bits per heavy atom. The van der Waals surface area contributed by atoms with Crippen molar-refractivity contribution in [1.29, 1.82) is 0 Å². The Kier molecular flexibility index (Phi) is 1.66. The van der Waals surface area contributed by atoms with Crippen LogP contribution in [0, 0.1) is 6.92 Å². The molecule has 3 nitrogen and oxygen atoms in total. The number of benzene rings is 2. The third-order valence-corrected chi connectivity index (χ3v) is 2.80. The minimum Gasteiger partial charge on any atom is -0.456 e. The third kappa shape index (κ3) is 1.15. The van der Waals surface area contributed by atoms with E-state index in [0.29, 0.717) is 0 Å².